The molecule has 2 aliphatic rings. The van der Waals surface area contributed by atoms with Gasteiger partial charge in [-0.2, -0.15) is 0 Å². The minimum absolute atomic E-state index is 0.000888. The number of ketones is 1. The van der Waals surface area contributed by atoms with E-state index >= 15 is 0 Å². The zero-order chi connectivity index (χ0) is 22.5. The number of benzene rings is 3. The lowest BCUT2D eigenvalue weighted by Crippen LogP contribution is -2.38. The molecule has 0 bridgehead atoms. The highest BCUT2D eigenvalue weighted by Gasteiger charge is 2.43. The minimum atomic E-state index is -1.49. The van der Waals surface area contributed by atoms with Crippen molar-refractivity contribution in [2.24, 2.45) is 5.92 Å². The molecule has 0 radical (unpaired) electrons. The van der Waals surface area contributed by atoms with E-state index in [0.29, 0.717) is 17.2 Å². The van der Waals surface area contributed by atoms with Gasteiger partial charge in [-0.1, -0.05) is 92.1 Å². The van der Waals surface area contributed by atoms with Crippen LogP contribution in [0.2, 0.25) is 19.6 Å². The number of hydrogen-bond donors (Lipinski definition) is 0. The summed E-state index contributed by atoms with van der Waals surface area (Å²) < 4.78 is 6.04. The van der Waals surface area contributed by atoms with Crippen LogP contribution in [-0.4, -0.2) is 25.1 Å². The van der Waals surface area contributed by atoms with Gasteiger partial charge in [0.15, 0.2) is 5.05 Å². The number of allylic oxidation sites excluding steroid dienone is 1. The Morgan fingerprint density at radius 2 is 1.72 bits per heavy atom. The first-order chi connectivity index (χ1) is 15.3. The van der Waals surface area contributed by atoms with Crippen molar-refractivity contribution in [2.75, 3.05) is 11.1 Å². The first-order valence-corrected chi connectivity index (χ1v) is 15.8. The molecule has 0 spiro atoms. The second-order valence-electron chi connectivity index (χ2n) is 9.55. The number of carbonyl (C=O) groups is 1. The molecule has 1 unspecified atom stereocenters. The van der Waals surface area contributed by atoms with Gasteiger partial charge in [-0.05, 0) is 41.0 Å². The highest BCUT2D eigenvalue weighted by atomic mass is 32.2. The van der Waals surface area contributed by atoms with Crippen molar-refractivity contribution in [1.29, 1.82) is 0 Å². The number of rotatable bonds is 4. The molecule has 162 valence electrons. The van der Waals surface area contributed by atoms with Crippen LogP contribution in [0.3, 0.4) is 0 Å². The average Bonchev–Trinajstić information content (AvgIpc) is 3.25. The molecule has 0 aromatic heterocycles. The number of nitrogens with zero attached hydrogens (tertiary/aromatic N) is 1. The quantitative estimate of drug-likeness (QED) is 0.241. The van der Waals surface area contributed by atoms with Crippen molar-refractivity contribution in [3.8, 4) is 0 Å². The summed E-state index contributed by atoms with van der Waals surface area (Å²) in [5.74, 6) is 0.00295. The van der Waals surface area contributed by atoms with Gasteiger partial charge in [0.05, 0.1) is 19.7 Å². The fourth-order valence-electron chi connectivity index (χ4n) is 4.27. The molecule has 1 atom stereocenters. The van der Waals surface area contributed by atoms with Gasteiger partial charge in [0.25, 0.3) is 0 Å². The van der Waals surface area contributed by atoms with Crippen molar-refractivity contribution < 1.29 is 9.53 Å². The van der Waals surface area contributed by atoms with Crippen molar-refractivity contribution >= 4 is 59.3 Å². The minimum Gasteiger partial charge on any atom is -0.443 e. The number of Topliss-reactive ketones (excluding diaryl/α,β-unsaturated/α-hetero) is 1. The Morgan fingerprint density at radius 1 is 1.00 bits per heavy atom. The van der Waals surface area contributed by atoms with E-state index < -0.39 is 14.0 Å². The first kappa shape index (κ1) is 21.4. The average molecular weight is 476 g/mol. The smallest absolute Gasteiger partial charge is 0.212 e. The molecule has 2 aliphatic heterocycles. The summed E-state index contributed by atoms with van der Waals surface area (Å²) in [4.78, 5) is 17.0. The first-order valence-electron chi connectivity index (χ1n) is 10.8. The van der Waals surface area contributed by atoms with Gasteiger partial charge in [-0.3, -0.25) is 4.79 Å². The number of fused-ring (bicyclic) bond motifs is 3. The van der Waals surface area contributed by atoms with E-state index in [1.165, 1.54) is 15.7 Å². The molecule has 2 heterocycles. The second-order valence-corrected chi connectivity index (χ2v) is 16.4. The molecule has 3 nitrogen and oxygen atoms in total. The summed E-state index contributed by atoms with van der Waals surface area (Å²) in [6.07, 6.45) is 1.49. The molecular formula is C26H25NO2S2Si. The third kappa shape index (κ3) is 3.91. The van der Waals surface area contributed by atoms with Gasteiger partial charge in [0.1, 0.15) is 5.03 Å². The summed E-state index contributed by atoms with van der Waals surface area (Å²) in [5, 5.41) is 3.69. The van der Waals surface area contributed by atoms with Crippen LogP contribution >= 0.6 is 24.0 Å². The summed E-state index contributed by atoms with van der Waals surface area (Å²) >= 11 is 7.19. The summed E-state index contributed by atoms with van der Waals surface area (Å²) in [6.45, 7) is 7.04. The van der Waals surface area contributed by atoms with E-state index in [1.54, 1.807) is 11.8 Å². The molecule has 1 saturated heterocycles. The highest BCUT2D eigenvalue weighted by molar-refractivity contribution is 8.04. The van der Waals surface area contributed by atoms with E-state index in [4.69, 9.17) is 17.0 Å². The molecular weight excluding hydrogens is 451 g/mol. The zero-order valence-corrected chi connectivity index (χ0v) is 21.1. The van der Waals surface area contributed by atoms with Crippen LogP contribution in [-0.2, 0) is 16.0 Å². The maximum absolute atomic E-state index is 13.5. The molecule has 0 amide bonds. The van der Waals surface area contributed by atoms with Gasteiger partial charge < -0.3 is 9.64 Å². The lowest BCUT2D eigenvalue weighted by atomic mass is 9.97. The highest BCUT2D eigenvalue weighted by Crippen LogP contribution is 2.52. The second kappa shape index (κ2) is 8.18. The molecule has 0 saturated carbocycles. The number of thioether (sulfide) groups is 1. The number of hydrogen-bond acceptors (Lipinski definition) is 5. The fraction of sp³-hybridized carbons (Fsp3) is 0.231. The van der Waals surface area contributed by atoms with Crippen molar-refractivity contribution in [3.05, 3.63) is 83.1 Å². The molecule has 3 aromatic rings. The van der Waals surface area contributed by atoms with Gasteiger partial charge >= 0.3 is 0 Å². The largest absolute Gasteiger partial charge is 0.443 e. The number of ether oxygens (including phenoxy) is 1. The molecule has 0 N–H and O–H groups in total. The molecule has 6 heteroatoms. The SMILES string of the molecule is C[Si](C)(C)CN1/C(=C2\OC(=S)C(Cc3ccccc3)C2=O)Sc2c1ccc1ccccc21. The predicted molar refractivity (Wildman–Crippen MR) is 140 cm³/mol. The van der Waals surface area contributed by atoms with Crippen LogP contribution in [0.5, 0.6) is 0 Å². The Kier molecular flexibility index (Phi) is 5.48. The van der Waals surface area contributed by atoms with Crippen LogP contribution in [0.25, 0.3) is 10.8 Å². The van der Waals surface area contributed by atoms with Crippen LogP contribution in [0.4, 0.5) is 5.69 Å². The lowest BCUT2D eigenvalue weighted by molar-refractivity contribution is -0.117. The van der Waals surface area contributed by atoms with Crippen LogP contribution in [0, 0.1) is 5.92 Å². The van der Waals surface area contributed by atoms with E-state index in [0.717, 1.165) is 22.4 Å². The van der Waals surface area contributed by atoms with E-state index in [-0.39, 0.29) is 5.78 Å². The Bertz CT molecular complexity index is 1260. The topological polar surface area (TPSA) is 29.5 Å². The van der Waals surface area contributed by atoms with Gasteiger partial charge in [0.2, 0.25) is 11.5 Å². The van der Waals surface area contributed by atoms with Crippen LogP contribution < -0.4 is 4.90 Å². The Balaban J connectivity index is 1.58. The standard InChI is InChI=1S/C26H25NO2S2Si/c1-32(2,3)16-27-21-14-13-18-11-7-8-12-19(18)24(21)31-25(27)23-22(28)20(26(30)29-23)15-17-9-5-4-6-10-17/h4-14,20H,15-16H2,1-3H3/b25-23+. The fourth-order valence-corrected chi connectivity index (χ4v) is 7.22. The normalized spacial score (nSPS) is 20.7. The third-order valence-corrected chi connectivity index (χ3v) is 8.60. The van der Waals surface area contributed by atoms with E-state index in [2.05, 4.69) is 60.9 Å². The number of thiocarbonyl (C=S) groups is 1. The molecule has 5 rings (SSSR count). The molecule has 0 aliphatic carbocycles. The number of carbonyl (C=O) groups excluding carboxylic acids is 1. The Labute approximate surface area is 199 Å². The summed E-state index contributed by atoms with van der Waals surface area (Å²) in [7, 11) is -1.49. The van der Waals surface area contributed by atoms with Gasteiger partial charge in [-0.25, -0.2) is 0 Å². The maximum atomic E-state index is 13.5. The lowest BCUT2D eigenvalue weighted by Gasteiger charge is -2.28. The molecule has 3 aromatic carbocycles. The van der Waals surface area contributed by atoms with Crippen molar-refractivity contribution in [3.63, 3.8) is 0 Å². The van der Waals surface area contributed by atoms with Gasteiger partial charge in [-0.15, -0.1) is 0 Å². The third-order valence-electron chi connectivity index (χ3n) is 5.73. The van der Waals surface area contributed by atoms with Gasteiger partial charge in [0, 0.05) is 11.1 Å². The molecule has 1 fully saturated rings. The predicted octanol–water partition coefficient (Wildman–Crippen LogP) is 6.58. The monoisotopic (exact) mass is 475 g/mol. The van der Waals surface area contributed by atoms with Crippen LogP contribution in [0.15, 0.2) is 82.4 Å². The molecule has 32 heavy (non-hydrogen) atoms. The van der Waals surface area contributed by atoms with Crippen LogP contribution in [0.1, 0.15) is 5.56 Å². The van der Waals surface area contributed by atoms with E-state index in [9.17, 15) is 4.79 Å². The number of anilines is 1. The van der Waals surface area contributed by atoms with Crippen molar-refractivity contribution in [2.45, 2.75) is 31.0 Å². The zero-order valence-electron chi connectivity index (χ0n) is 18.4. The van der Waals surface area contributed by atoms with Crippen molar-refractivity contribution in [1.82, 2.24) is 0 Å². The van der Waals surface area contributed by atoms with E-state index in [1.807, 2.05) is 30.3 Å². The summed E-state index contributed by atoms with van der Waals surface area (Å²) in [6, 6.07) is 22.8. The Hall–Kier alpha value is -2.41. The maximum Gasteiger partial charge on any atom is 0.212 e. The Morgan fingerprint density at radius 3 is 2.47 bits per heavy atom. The summed E-state index contributed by atoms with van der Waals surface area (Å²) in [5.41, 5.74) is 2.25.